The van der Waals surface area contributed by atoms with Gasteiger partial charge in [0.15, 0.2) is 6.29 Å². The van der Waals surface area contributed by atoms with Gasteiger partial charge < -0.3 is 10.4 Å². The number of aldehydes is 1. The second kappa shape index (κ2) is 6.30. The lowest BCUT2D eigenvalue weighted by atomic mass is 9.74. The quantitative estimate of drug-likeness (QED) is 0.641. The summed E-state index contributed by atoms with van der Waals surface area (Å²) in [5.41, 5.74) is 0.156. The van der Waals surface area contributed by atoms with Crippen molar-refractivity contribution in [3.63, 3.8) is 0 Å². The van der Waals surface area contributed by atoms with E-state index in [0.717, 1.165) is 25.7 Å². The summed E-state index contributed by atoms with van der Waals surface area (Å²) >= 11 is 5.85. The number of anilines is 1. The Morgan fingerprint density at radius 3 is 2.74 bits per heavy atom. The topological polar surface area (TPSA) is 75.1 Å². The number of carbonyl (C=O) groups excluding carboxylic acids is 1. The van der Waals surface area contributed by atoms with Gasteiger partial charge in [-0.1, -0.05) is 30.9 Å². The van der Waals surface area contributed by atoms with Crippen molar-refractivity contribution in [3.05, 3.63) is 17.0 Å². The second-order valence-corrected chi connectivity index (χ2v) is 5.47. The van der Waals surface area contributed by atoms with E-state index in [0.29, 0.717) is 18.6 Å². The van der Waals surface area contributed by atoms with E-state index < -0.39 is 0 Å². The number of halogens is 1. The van der Waals surface area contributed by atoms with Gasteiger partial charge >= 0.3 is 0 Å². The van der Waals surface area contributed by atoms with Crippen LogP contribution in [0.3, 0.4) is 0 Å². The number of nitrogens with one attached hydrogen (secondary N) is 1. The molecule has 1 fully saturated rings. The van der Waals surface area contributed by atoms with Crippen LogP contribution in [0.1, 0.15) is 42.5 Å². The maximum atomic E-state index is 11.0. The Kier molecular flexibility index (Phi) is 4.71. The second-order valence-electron chi connectivity index (χ2n) is 5.12. The number of carbonyl (C=O) groups is 1. The van der Waals surface area contributed by atoms with Crippen LogP contribution in [0, 0.1) is 5.41 Å². The summed E-state index contributed by atoms with van der Waals surface area (Å²) in [6.45, 7) is 0.743. The molecule has 104 valence electrons. The van der Waals surface area contributed by atoms with E-state index in [1.807, 2.05) is 0 Å². The van der Waals surface area contributed by atoms with Gasteiger partial charge in [-0.25, -0.2) is 9.97 Å². The maximum absolute atomic E-state index is 11.0. The van der Waals surface area contributed by atoms with Gasteiger partial charge in [-0.3, -0.25) is 4.79 Å². The van der Waals surface area contributed by atoms with Crippen LogP contribution in [0.5, 0.6) is 0 Å². The Morgan fingerprint density at radius 1 is 1.37 bits per heavy atom. The van der Waals surface area contributed by atoms with Crippen molar-refractivity contribution < 1.29 is 9.90 Å². The summed E-state index contributed by atoms with van der Waals surface area (Å²) in [6.07, 6.45) is 7.44. The standard InChI is InChI=1S/C13H18ClN3O2/c14-11-10(6-18)12(17-9-16-11)15-7-13(8-19)4-2-1-3-5-13/h6,9,19H,1-5,7-8H2,(H,15,16,17). The van der Waals surface area contributed by atoms with E-state index in [4.69, 9.17) is 11.6 Å². The summed E-state index contributed by atoms with van der Waals surface area (Å²) in [5.74, 6) is 0.438. The first-order valence-electron chi connectivity index (χ1n) is 6.51. The molecule has 0 unspecified atom stereocenters. The number of aromatic nitrogens is 2. The van der Waals surface area contributed by atoms with Gasteiger partial charge in [0.2, 0.25) is 0 Å². The van der Waals surface area contributed by atoms with Gasteiger partial charge in [0.05, 0.1) is 12.2 Å². The summed E-state index contributed by atoms with van der Waals surface area (Å²) < 4.78 is 0. The molecule has 0 saturated heterocycles. The van der Waals surface area contributed by atoms with E-state index in [1.54, 1.807) is 0 Å². The highest BCUT2D eigenvalue weighted by atomic mass is 35.5. The third-order valence-corrected chi connectivity index (χ3v) is 4.13. The van der Waals surface area contributed by atoms with Crippen LogP contribution in [0.4, 0.5) is 5.82 Å². The molecule has 5 nitrogen and oxygen atoms in total. The van der Waals surface area contributed by atoms with Gasteiger partial charge in [-0.15, -0.1) is 0 Å². The van der Waals surface area contributed by atoms with Gasteiger partial charge in [-0.05, 0) is 12.8 Å². The molecule has 19 heavy (non-hydrogen) atoms. The predicted octanol–water partition coefficient (Wildman–Crippen LogP) is 2.30. The monoisotopic (exact) mass is 283 g/mol. The van der Waals surface area contributed by atoms with Crippen molar-refractivity contribution in [1.82, 2.24) is 9.97 Å². The van der Waals surface area contributed by atoms with Crippen LogP contribution in [0.15, 0.2) is 6.33 Å². The molecule has 0 aliphatic heterocycles. The van der Waals surface area contributed by atoms with Crippen molar-refractivity contribution >= 4 is 23.7 Å². The summed E-state index contributed by atoms with van der Waals surface area (Å²) in [4.78, 5) is 18.8. The SMILES string of the molecule is O=Cc1c(Cl)ncnc1NCC1(CO)CCCCC1. The Labute approximate surface area is 117 Å². The average Bonchev–Trinajstić information content (AvgIpc) is 2.46. The van der Waals surface area contributed by atoms with E-state index in [1.165, 1.54) is 12.7 Å². The van der Waals surface area contributed by atoms with E-state index >= 15 is 0 Å². The molecule has 1 aromatic heterocycles. The number of aliphatic hydroxyl groups excluding tert-OH is 1. The van der Waals surface area contributed by atoms with Crippen molar-refractivity contribution in [2.75, 3.05) is 18.5 Å². The third kappa shape index (κ3) is 3.22. The first-order valence-corrected chi connectivity index (χ1v) is 6.89. The molecule has 0 amide bonds. The van der Waals surface area contributed by atoms with Gasteiger partial charge in [-0.2, -0.15) is 0 Å². The van der Waals surface area contributed by atoms with Crippen molar-refractivity contribution in [2.24, 2.45) is 5.41 Å². The van der Waals surface area contributed by atoms with Crippen molar-refractivity contribution in [2.45, 2.75) is 32.1 Å². The van der Waals surface area contributed by atoms with Crippen LogP contribution in [0.2, 0.25) is 5.15 Å². The fraction of sp³-hybridized carbons (Fsp3) is 0.615. The van der Waals surface area contributed by atoms with Crippen LogP contribution in [0.25, 0.3) is 0 Å². The van der Waals surface area contributed by atoms with E-state index in [9.17, 15) is 9.90 Å². The van der Waals surface area contributed by atoms with Gasteiger partial charge in [0.25, 0.3) is 0 Å². The number of aliphatic hydroxyl groups is 1. The Hall–Kier alpha value is -1.20. The fourth-order valence-electron chi connectivity index (χ4n) is 2.58. The first kappa shape index (κ1) is 14.2. The average molecular weight is 284 g/mol. The molecule has 6 heteroatoms. The van der Waals surface area contributed by atoms with Crippen molar-refractivity contribution in [1.29, 1.82) is 0 Å². The molecule has 1 heterocycles. The smallest absolute Gasteiger partial charge is 0.156 e. The Bertz CT molecular complexity index is 448. The van der Waals surface area contributed by atoms with Crippen LogP contribution in [-0.4, -0.2) is 34.5 Å². The largest absolute Gasteiger partial charge is 0.396 e. The Balaban J connectivity index is 2.09. The predicted molar refractivity (Wildman–Crippen MR) is 73.5 cm³/mol. The first-order chi connectivity index (χ1) is 9.21. The zero-order valence-electron chi connectivity index (χ0n) is 10.7. The van der Waals surface area contributed by atoms with Crippen LogP contribution in [-0.2, 0) is 0 Å². The molecule has 0 aromatic carbocycles. The zero-order chi connectivity index (χ0) is 13.7. The van der Waals surface area contributed by atoms with Gasteiger partial charge in [0, 0.05) is 12.0 Å². The summed E-state index contributed by atoms with van der Waals surface area (Å²) in [7, 11) is 0. The van der Waals surface area contributed by atoms with Crippen LogP contribution >= 0.6 is 11.6 Å². The normalized spacial score (nSPS) is 18.0. The molecule has 0 radical (unpaired) electrons. The lowest BCUT2D eigenvalue weighted by Crippen LogP contribution is -2.36. The molecule has 0 spiro atoms. The molecular weight excluding hydrogens is 266 g/mol. The zero-order valence-corrected chi connectivity index (χ0v) is 11.5. The van der Waals surface area contributed by atoms with Gasteiger partial charge in [0.1, 0.15) is 17.3 Å². The number of hydrogen-bond donors (Lipinski definition) is 2. The molecule has 0 atom stereocenters. The summed E-state index contributed by atoms with van der Waals surface area (Å²) in [5, 5.41) is 12.9. The molecule has 1 aromatic rings. The van der Waals surface area contributed by atoms with E-state index in [-0.39, 0.29) is 22.7 Å². The number of hydrogen-bond acceptors (Lipinski definition) is 5. The fourth-order valence-corrected chi connectivity index (χ4v) is 2.76. The van der Waals surface area contributed by atoms with Crippen molar-refractivity contribution in [3.8, 4) is 0 Å². The number of rotatable bonds is 5. The molecule has 1 aliphatic rings. The minimum Gasteiger partial charge on any atom is -0.396 e. The molecule has 1 aliphatic carbocycles. The molecule has 0 bridgehead atoms. The Morgan fingerprint density at radius 2 is 2.11 bits per heavy atom. The highest BCUT2D eigenvalue weighted by Gasteiger charge is 2.31. The molecule has 1 saturated carbocycles. The third-order valence-electron chi connectivity index (χ3n) is 3.83. The lowest BCUT2D eigenvalue weighted by molar-refractivity contribution is 0.0943. The maximum Gasteiger partial charge on any atom is 0.156 e. The molecule has 2 N–H and O–H groups in total. The van der Waals surface area contributed by atoms with Crippen LogP contribution < -0.4 is 5.32 Å². The highest BCUT2D eigenvalue weighted by molar-refractivity contribution is 6.32. The lowest BCUT2D eigenvalue weighted by Gasteiger charge is -2.35. The highest BCUT2D eigenvalue weighted by Crippen LogP contribution is 2.36. The molecular formula is C13H18ClN3O2. The number of nitrogens with zero attached hydrogens (tertiary/aromatic N) is 2. The minimum atomic E-state index is -0.115. The summed E-state index contributed by atoms with van der Waals surface area (Å²) in [6, 6.07) is 0. The molecule has 2 rings (SSSR count). The van der Waals surface area contributed by atoms with E-state index in [2.05, 4.69) is 15.3 Å². The minimum absolute atomic E-state index is 0.115.